The lowest BCUT2D eigenvalue weighted by Crippen LogP contribution is -2.21. The second-order valence-corrected chi connectivity index (χ2v) is 6.47. The van der Waals surface area contributed by atoms with E-state index in [1.165, 1.54) is 25.3 Å². The molecule has 1 unspecified atom stereocenters. The predicted molar refractivity (Wildman–Crippen MR) is 81.3 cm³/mol. The highest BCUT2D eigenvalue weighted by molar-refractivity contribution is 6.30. The molecule has 1 atom stereocenters. The summed E-state index contributed by atoms with van der Waals surface area (Å²) in [5.41, 5.74) is 0.395. The van der Waals surface area contributed by atoms with Gasteiger partial charge in [0.15, 0.2) is 0 Å². The van der Waals surface area contributed by atoms with Gasteiger partial charge >= 0.3 is 0 Å². The van der Waals surface area contributed by atoms with Crippen molar-refractivity contribution in [1.29, 1.82) is 0 Å². The third-order valence-corrected chi connectivity index (χ3v) is 4.82. The molecular formula is C17H24ClFO. The van der Waals surface area contributed by atoms with Crippen molar-refractivity contribution in [3.8, 4) is 0 Å². The van der Waals surface area contributed by atoms with Crippen LogP contribution in [0.3, 0.4) is 0 Å². The fraction of sp³-hybridized carbons (Fsp3) is 0.647. The maximum atomic E-state index is 13.9. The molecule has 1 N–H and O–H groups in total. The maximum Gasteiger partial charge on any atom is 0.130 e. The van der Waals surface area contributed by atoms with Crippen molar-refractivity contribution in [1.82, 2.24) is 0 Å². The Hall–Kier alpha value is -0.600. The fourth-order valence-electron chi connectivity index (χ4n) is 3.28. The minimum absolute atomic E-state index is 0.184. The second kappa shape index (κ2) is 7.42. The van der Waals surface area contributed by atoms with Gasteiger partial charge in [-0.3, -0.25) is 0 Å². The molecule has 1 aliphatic carbocycles. The Morgan fingerprint density at radius 3 is 2.60 bits per heavy atom. The molecule has 0 radical (unpaired) electrons. The second-order valence-electron chi connectivity index (χ2n) is 6.03. The van der Waals surface area contributed by atoms with Gasteiger partial charge in [-0.15, -0.1) is 0 Å². The lowest BCUT2D eigenvalue weighted by molar-refractivity contribution is 0.0692. The molecule has 0 spiro atoms. The Morgan fingerprint density at radius 2 is 2.00 bits per heavy atom. The topological polar surface area (TPSA) is 20.2 Å². The molecule has 1 aliphatic rings. The van der Waals surface area contributed by atoms with Crippen LogP contribution in [-0.4, -0.2) is 5.11 Å². The summed E-state index contributed by atoms with van der Waals surface area (Å²) in [5.74, 6) is 0.593. The van der Waals surface area contributed by atoms with E-state index in [4.69, 9.17) is 11.6 Å². The molecule has 1 saturated carbocycles. The maximum absolute atomic E-state index is 13.9. The van der Waals surface area contributed by atoms with Crippen molar-refractivity contribution in [3.05, 3.63) is 34.6 Å². The van der Waals surface area contributed by atoms with Gasteiger partial charge in [0.05, 0.1) is 6.10 Å². The third-order valence-electron chi connectivity index (χ3n) is 4.58. The zero-order chi connectivity index (χ0) is 14.5. The van der Waals surface area contributed by atoms with Crippen molar-refractivity contribution in [2.45, 2.75) is 58.0 Å². The summed E-state index contributed by atoms with van der Waals surface area (Å²) in [7, 11) is 0. The van der Waals surface area contributed by atoms with Gasteiger partial charge in [-0.25, -0.2) is 4.39 Å². The Labute approximate surface area is 126 Å². The normalized spacial score (nSPS) is 24.6. The Morgan fingerprint density at radius 1 is 1.30 bits per heavy atom. The standard InChI is InChI=1S/C17H24ClFO/c1-2-3-4-12-5-7-13(8-6-12)17(20)15-10-9-14(18)11-16(15)19/h9-13,17,20H,2-8H2,1H3. The van der Waals surface area contributed by atoms with Crippen LogP contribution in [-0.2, 0) is 0 Å². The van der Waals surface area contributed by atoms with Crippen LogP contribution in [0.4, 0.5) is 4.39 Å². The van der Waals surface area contributed by atoms with Gasteiger partial charge in [-0.2, -0.15) is 0 Å². The van der Waals surface area contributed by atoms with E-state index in [1.807, 2.05) is 0 Å². The summed E-state index contributed by atoms with van der Waals surface area (Å²) in [5, 5.41) is 10.8. The number of hydrogen-bond donors (Lipinski definition) is 1. The fourth-order valence-corrected chi connectivity index (χ4v) is 3.44. The Balaban J connectivity index is 1.92. The Bertz CT molecular complexity index is 427. The molecule has 1 fully saturated rings. The van der Waals surface area contributed by atoms with E-state index in [-0.39, 0.29) is 5.92 Å². The molecule has 0 saturated heterocycles. The first kappa shape index (κ1) is 15.8. The van der Waals surface area contributed by atoms with Gasteiger partial charge in [0.1, 0.15) is 5.82 Å². The van der Waals surface area contributed by atoms with E-state index in [1.54, 1.807) is 12.1 Å². The predicted octanol–water partition coefficient (Wildman–Crippen LogP) is 5.51. The van der Waals surface area contributed by atoms with Crippen LogP contribution in [0, 0.1) is 17.7 Å². The third kappa shape index (κ3) is 3.95. The van der Waals surface area contributed by atoms with Crippen LogP contribution in [0.15, 0.2) is 18.2 Å². The minimum atomic E-state index is -0.695. The van der Waals surface area contributed by atoms with Crippen LogP contribution in [0.5, 0.6) is 0 Å². The van der Waals surface area contributed by atoms with E-state index in [0.717, 1.165) is 31.6 Å². The zero-order valence-electron chi connectivity index (χ0n) is 12.1. The van der Waals surface area contributed by atoms with Crippen LogP contribution >= 0.6 is 11.6 Å². The van der Waals surface area contributed by atoms with Gasteiger partial charge in [0, 0.05) is 10.6 Å². The molecule has 1 nitrogen and oxygen atoms in total. The van der Waals surface area contributed by atoms with E-state index < -0.39 is 11.9 Å². The Kier molecular flexibility index (Phi) is 5.86. The molecule has 112 valence electrons. The van der Waals surface area contributed by atoms with Gasteiger partial charge < -0.3 is 5.11 Å². The number of rotatable bonds is 5. The van der Waals surface area contributed by atoms with Crippen molar-refractivity contribution < 1.29 is 9.50 Å². The van der Waals surface area contributed by atoms with Crippen molar-refractivity contribution in [2.24, 2.45) is 11.8 Å². The van der Waals surface area contributed by atoms with E-state index in [0.29, 0.717) is 10.6 Å². The van der Waals surface area contributed by atoms with Crippen molar-refractivity contribution >= 4 is 11.6 Å². The van der Waals surface area contributed by atoms with Crippen LogP contribution < -0.4 is 0 Å². The number of benzene rings is 1. The van der Waals surface area contributed by atoms with E-state index in [9.17, 15) is 9.50 Å². The molecule has 0 amide bonds. The molecule has 20 heavy (non-hydrogen) atoms. The number of halogens is 2. The van der Waals surface area contributed by atoms with Crippen molar-refractivity contribution in [2.75, 3.05) is 0 Å². The number of hydrogen-bond acceptors (Lipinski definition) is 1. The summed E-state index contributed by atoms with van der Waals surface area (Å²) in [6.45, 7) is 2.22. The average molecular weight is 299 g/mol. The van der Waals surface area contributed by atoms with Crippen LogP contribution in [0.1, 0.15) is 63.5 Å². The van der Waals surface area contributed by atoms with Gasteiger partial charge in [-0.05, 0) is 36.8 Å². The molecule has 0 heterocycles. The molecule has 0 bridgehead atoms. The van der Waals surface area contributed by atoms with Crippen LogP contribution in [0.2, 0.25) is 5.02 Å². The molecule has 1 aromatic rings. The van der Waals surface area contributed by atoms with Crippen molar-refractivity contribution in [3.63, 3.8) is 0 Å². The summed E-state index contributed by atoms with van der Waals surface area (Å²) in [6.07, 6.45) is 7.47. The first-order chi connectivity index (χ1) is 9.61. The largest absolute Gasteiger partial charge is 0.388 e. The highest BCUT2D eigenvalue weighted by atomic mass is 35.5. The highest BCUT2D eigenvalue weighted by Gasteiger charge is 2.28. The zero-order valence-corrected chi connectivity index (χ0v) is 12.9. The molecule has 2 rings (SSSR count). The first-order valence-electron chi connectivity index (χ1n) is 7.74. The van der Waals surface area contributed by atoms with Gasteiger partial charge in [-0.1, -0.05) is 56.7 Å². The minimum Gasteiger partial charge on any atom is -0.388 e. The summed E-state index contributed by atoms with van der Waals surface area (Å²) in [6, 6.07) is 4.55. The molecule has 1 aromatic carbocycles. The van der Waals surface area contributed by atoms with E-state index in [2.05, 4.69) is 6.92 Å². The SMILES string of the molecule is CCCCC1CCC(C(O)c2ccc(Cl)cc2F)CC1. The average Bonchev–Trinajstić information content (AvgIpc) is 2.45. The van der Waals surface area contributed by atoms with Crippen LogP contribution in [0.25, 0.3) is 0 Å². The van der Waals surface area contributed by atoms with E-state index >= 15 is 0 Å². The molecular weight excluding hydrogens is 275 g/mol. The molecule has 0 aromatic heterocycles. The van der Waals surface area contributed by atoms with Gasteiger partial charge in [0.25, 0.3) is 0 Å². The summed E-state index contributed by atoms with van der Waals surface area (Å²) in [4.78, 5) is 0. The van der Waals surface area contributed by atoms with Gasteiger partial charge in [0.2, 0.25) is 0 Å². The highest BCUT2D eigenvalue weighted by Crippen LogP contribution is 2.39. The summed E-state index contributed by atoms with van der Waals surface area (Å²) < 4.78 is 13.9. The number of unbranched alkanes of at least 4 members (excludes halogenated alkanes) is 1. The number of aliphatic hydroxyl groups is 1. The lowest BCUT2D eigenvalue weighted by Gasteiger charge is -2.31. The summed E-state index contributed by atoms with van der Waals surface area (Å²) >= 11 is 5.75. The monoisotopic (exact) mass is 298 g/mol. The quantitative estimate of drug-likeness (QED) is 0.760. The number of aliphatic hydroxyl groups excluding tert-OH is 1. The lowest BCUT2D eigenvalue weighted by atomic mass is 9.76. The first-order valence-corrected chi connectivity index (χ1v) is 8.12. The molecule has 0 aliphatic heterocycles. The smallest absolute Gasteiger partial charge is 0.130 e. The molecule has 3 heteroatoms.